The second kappa shape index (κ2) is 5.16. The lowest BCUT2D eigenvalue weighted by molar-refractivity contribution is 0.509. The van der Waals surface area contributed by atoms with E-state index in [-0.39, 0.29) is 11.9 Å². The number of rotatable bonds is 3. The number of aromatic amines is 1. The van der Waals surface area contributed by atoms with Crippen LogP contribution in [0.1, 0.15) is 0 Å². The van der Waals surface area contributed by atoms with Crippen LogP contribution in [0.3, 0.4) is 0 Å². The Kier molecular flexibility index (Phi) is 3.00. The topological polar surface area (TPSA) is 79.6 Å². The number of aromatic nitrogens is 4. The molecule has 4 rings (SSSR count). The highest BCUT2D eigenvalue weighted by Crippen LogP contribution is 2.23. The highest BCUT2D eigenvalue weighted by Gasteiger charge is 2.13. The molecule has 2 aromatic carbocycles. The number of halogens is 2. The summed E-state index contributed by atoms with van der Waals surface area (Å²) in [6.07, 6.45) is 0. The summed E-state index contributed by atoms with van der Waals surface area (Å²) < 4.78 is 31.5. The second-order valence-corrected chi connectivity index (χ2v) is 4.77. The van der Waals surface area contributed by atoms with Gasteiger partial charge in [-0.25, -0.2) is 13.8 Å². The molecule has 8 heteroatoms. The zero-order chi connectivity index (χ0) is 15.8. The predicted octanol–water partition coefficient (Wildman–Crippen LogP) is 3.63. The number of fused-ring (bicyclic) bond motifs is 1. The zero-order valence-corrected chi connectivity index (χ0v) is 11.5. The van der Waals surface area contributed by atoms with E-state index < -0.39 is 11.6 Å². The molecule has 2 N–H and O–H groups in total. The van der Waals surface area contributed by atoms with E-state index in [0.717, 1.165) is 23.2 Å². The number of benzene rings is 2. The van der Waals surface area contributed by atoms with E-state index in [1.807, 2.05) is 24.3 Å². The SMILES string of the molecule is Fc1ccc(Nc2nnc(-c3nc4ccccc4[nH]3)o2)cc1F. The van der Waals surface area contributed by atoms with Crippen molar-refractivity contribution in [2.75, 3.05) is 5.32 Å². The quantitative estimate of drug-likeness (QED) is 0.603. The fourth-order valence-electron chi connectivity index (χ4n) is 2.12. The Morgan fingerprint density at radius 3 is 2.70 bits per heavy atom. The van der Waals surface area contributed by atoms with Crippen molar-refractivity contribution in [2.45, 2.75) is 0 Å². The first-order valence-corrected chi connectivity index (χ1v) is 6.70. The van der Waals surface area contributed by atoms with Gasteiger partial charge in [0.2, 0.25) is 0 Å². The molecule has 6 nitrogen and oxygen atoms in total. The number of hydrogen-bond acceptors (Lipinski definition) is 5. The van der Waals surface area contributed by atoms with Crippen molar-refractivity contribution in [2.24, 2.45) is 0 Å². The minimum absolute atomic E-state index is 0.0477. The van der Waals surface area contributed by atoms with Crippen LogP contribution in [-0.2, 0) is 0 Å². The molecular weight excluding hydrogens is 304 g/mol. The predicted molar refractivity (Wildman–Crippen MR) is 79.0 cm³/mol. The fraction of sp³-hybridized carbons (Fsp3) is 0. The molecule has 0 spiro atoms. The molecule has 0 saturated carbocycles. The molecule has 0 aliphatic rings. The van der Waals surface area contributed by atoms with Crippen LogP contribution in [0.25, 0.3) is 22.7 Å². The Bertz CT molecular complexity index is 961. The Morgan fingerprint density at radius 1 is 1.00 bits per heavy atom. The van der Waals surface area contributed by atoms with Crippen LogP contribution < -0.4 is 5.32 Å². The van der Waals surface area contributed by atoms with E-state index in [0.29, 0.717) is 11.5 Å². The first-order valence-electron chi connectivity index (χ1n) is 6.70. The molecule has 0 amide bonds. The van der Waals surface area contributed by atoms with Crippen LogP contribution in [0.5, 0.6) is 0 Å². The van der Waals surface area contributed by atoms with Crippen LogP contribution in [0, 0.1) is 11.6 Å². The molecule has 0 radical (unpaired) electrons. The van der Waals surface area contributed by atoms with E-state index in [9.17, 15) is 8.78 Å². The van der Waals surface area contributed by atoms with Crippen molar-refractivity contribution in [1.82, 2.24) is 20.2 Å². The summed E-state index contributed by atoms with van der Waals surface area (Å²) in [6.45, 7) is 0. The standard InChI is InChI=1S/C15H9F2N5O/c16-9-6-5-8(7-10(9)17)18-15-22-21-14(23-15)13-19-11-3-1-2-4-12(11)20-13/h1-7H,(H,18,22)(H,19,20). The molecule has 114 valence electrons. The van der Waals surface area contributed by atoms with E-state index >= 15 is 0 Å². The summed E-state index contributed by atoms with van der Waals surface area (Å²) in [5.74, 6) is -1.28. The van der Waals surface area contributed by atoms with Crippen LogP contribution in [0.15, 0.2) is 46.9 Å². The largest absolute Gasteiger partial charge is 0.400 e. The average Bonchev–Trinajstić information content (AvgIpc) is 3.17. The van der Waals surface area contributed by atoms with Crippen molar-refractivity contribution in [1.29, 1.82) is 0 Å². The highest BCUT2D eigenvalue weighted by molar-refractivity contribution is 5.77. The fourth-order valence-corrected chi connectivity index (χ4v) is 2.12. The number of anilines is 2. The molecule has 23 heavy (non-hydrogen) atoms. The Balaban J connectivity index is 1.62. The molecule has 0 atom stereocenters. The van der Waals surface area contributed by atoms with Gasteiger partial charge in [0.1, 0.15) is 0 Å². The van der Waals surface area contributed by atoms with Crippen molar-refractivity contribution >= 4 is 22.7 Å². The highest BCUT2D eigenvalue weighted by atomic mass is 19.2. The summed E-state index contributed by atoms with van der Waals surface area (Å²) in [4.78, 5) is 7.40. The smallest absolute Gasteiger partial charge is 0.320 e. The number of nitrogens with one attached hydrogen (secondary N) is 2. The van der Waals surface area contributed by atoms with E-state index in [4.69, 9.17) is 4.42 Å². The van der Waals surface area contributed by atoms with Crippen LogP contribution in [-0.4, -0.2) is 20.2 Å². The lowest BCUT2D eigenvalue weighted by Gasteiger charge is -2.00. The molecule has 2 heterocycles. The normalized spacial score (nSPS) is 11.0. The van der Waals surface area contributed by atoms with Crippen LogP contribution in [0.2, 0.25) is 0 Å². The van der Waals surface area contributed by atoms with Gasteiger partial charge < -0.3 is 14.7 Å². The van der Waals surface area contributed by atoms with Crippen molar-refractivity contribution in [3.63, 3.8) is 0 Å². The Morgan fingerprint density at radius 2 is 1.87 bits per heavy atom. The Labute approximate surface area is 128 Å². The maximum absolute atomic E-state index is 13.2. The van der Waals surface area contributed by atoms with Gasteiger partial charge in [-0.15, -0.1) is 5.10 Å². The van der Waals surface area contributed by atoms with Crippen molar-refractivity contribution in [3.05, 3.63) is 54.1 Å². The third-order valence-electron chi connectivity index (χ3n) is 3.19. The van der Waals surface area contributed by atoms with Gasteiger partial charge in [-0.3, -0.25) is 0 Å². The number of hydrogen-bond donors (Lipinski definition) is 2. The molecule has 0 aliphatic heterocycles. The summed E-state index contributed by atoms with van der Waals surface area (Å²) in [5.41, 5.74) is 1.91. The van der Waals surface area contributed by atoms with Crippen molar-refractivity contribution < 1.29 is 13.2 Å². The van der Waals surface area contributed by atoms with E-state index in [1.54, 1.807) is 0 Å². The van der Waals surface area contributed by atoms with Gasteiger partial charge in [0.25, 0.3) is 5.89 Å². The van der Waals surface area contributed by atoms with Gasteiger partial charge in [0.15, 0.2) is 17.5 Å². The average molecular weight is 313 g/mol. The monoisotopic (exact) mass is 313 g/mol. The molecule has 0 unspecified atom stereocenters. The lowest BCUT2D eigenvalue weighted by atomic mass is 10.3. The molecular formula is C15H9F2N5O. The van der Waals surface area contributed by atoms with Crippen LogP contribution >= 0.6 is 0 Å². The first-order chi connectivity index (χ1) is 11.2. The van der Waals surface area contributed by atoms with Crippen molar-refractivity contribution in [3.8, 4) is 11.7 Å². The maximum atomic E-state index is 13.2. The summed E-state index contributed by atoms with van der Waals surface area (Å²) >= 11 is 0. The molecule has 0 aliphatic carbocycles. The molecule has 0 bridgehead atoms. The molecule has 2 aromatic heterocycles. The third-order valence-corrected chi connectivity index (χ3v) is 3.19. The van der Waals surface area contributed by atoms with Crippen LogP contribution in [0.4, 0.5) is 20.5 Å². The van der Waals surface area contributed by atoms with Gasteiger partial charge in [-0.1, -0.05) is 17.2 Å². The maximum Gasteiger partial charge on any atom is 0.320 e. The van der Waals surface area contributed by atoms with E-state index in [2.05, 4.69) is 25.5 Å². The second-order valence-electron chi connectivity index (χ2n) is 4.77. The van der Waals surface area contributed by atoms with Gasteiger partial charge in [-0.05, 0) is 24.3 Å². The lowest BCUT2D eigenvalue weighted by Crippen LogP contribution is -1.92. The zero-order valence-electron chi connectivity index (χ0n) is 11.5. The number of H-pyrrole nitrogens is 1. The molecule has 0 saturated heterocycles. The Hall–Kier alpha value is -3.29. The minimum atomic E-state index is -0.966. The minimum Gasteiger partial charge on any atom is -0.400 e. The van der Waals surface area contributed by atoms with Gasteiger partial charge >= 0.3 is 6.01 Å². The number of nitrogens with zero attached hydrogens (tertiary/aromatic N) is 3. The molecule has 4 aromatic rings. The third kappa shape index (κ3) is 2.50. The van der Waals surface area contributed by atoms with Gasteiger partial charge in [-0.2, -0.15) is 0 Å². The van der Waals surface area contributed by atoms with Gasteiger partial charge in [0.05, 0.1) is 11.0 Å². The number of para-hydroxylation sites is 2. The van der Waals surface area contributed by atoms with E-state index in [1.165, 1.54) is 6.07 Å². The summed E-state index contributed by atoms with van der Waals surface area (Å²) in [6, 6.07) is 10.9. The van der Waals surface area contributed by atoms with Gasteiger partial charge in [0, 0.05) is 11.8 Å². The summed E-state index contributed by atoms with van der Waals surface area (Å²) in [7, 11) is 0. The first kappa shape index (κ1) is 13.4. The molecule has 0 fully saturated rings. The number of imidazole rings is 1. The summed E-state index contributed by atoms with van der Waals surface area (Å²) in [5, 5.41) is 10.4.